The third-order valence-electron chi connectivity index (χ3n) is 2.74. The Kier molecular flexibility index (Phi) is 6.54. The average molecular weight is 269 g/mol. The first kappa shape index (κ1) is 15.3. The molecule has 102 valence electrons. The number of hydrogen-bond acceptors (Lipinski definition) is 3. The zero-order valence-electron chi connectivity index (χ0n) is 11.4. The molecule has 2 N–H and O–H groups in total. The minimum atomic E-state index is -1.13. The molecular formula is C14H23NO2S. The number of nitrogens with one attached hydrogen (secondary N) is 1. The van der Waals surface area contributed by atoms with Crippen molar-refractivity contribution in [2.24, 2.45) is 0 Å². The summed E-state index contributed by atoms with van der Waals surface area (Å²) in [5.41, 5.74) is 2.12. The van der Waals surface area contributed by atoms with Crippen molar-refractivity contribution in [2.45, 2.75) is 38.2 Å². The molecule has 0 aromatic heterocycles. The van der Waals surface area contributed by atoms with Crippen LogP contribution in [0, 0.1) is 13.8 Å². The minimum Gasteiger partial charge on any atom is -0.391 e. The maximum Gasteiger partial charge on any atom is 0.0783 e. The molecule has 0 aliphatic carbocycles. The topological polar surface area (TPSA) is 49.3 Å². The van der Waals surface area contributed by atoms with Gasteiger partial charge in [-0.3, -0.25) is 4.21 Å². The molecule has 0 aliphatic heterocycles. The van der Waals surface area contributed by atoms with Gasteiger partial charge in [-0.15, -0.1) is 0 Å². The van der Waals surface area contributed by atoms with Crippen molar-refractivity contribution >= 4 is 10.8 Å². The minimum absolute atomic E-state index is 0.293. The van der Waals surface area contributed by atoms with Gasteiger partial charge in [-0.1, -0.05) is 19.1 Å². The van der Waals surface area contributed by atoms with E-state index >= 15 is 0 Å². The van der Waals surface area contributed by atoms with Gasteiger partial charge >= 0.3 is 0 Å². The Bertz CT molecular complexity index is 407. The van der Waals surface area contributed by atoms with Crippen LogP contribution < -0.4 is 5.32 Å². The van der Waals surface area contributed by atoms with Crippen LogP contribution in [0.2, 0.25) is 0 Å². The van der Waals surface area contributed by atoms with Gasteiger partial charge in [0.15, 0.2) is 0 Å². The Morgan fingerprint density at radius 3 is 2.78 bits per heavy atom. The highest BCUT2D eigenvalue weighted by molar-refractivity contribution is 7.85. The van der Waals surface area contributed by atoms with Gasteiger partial charge in [0.25, 0.3) is 0 Å². The van der Waals surface area contributed by atoms with E-state index in [1.54, 1.807) is 0 Å². The molecule has 0 amide bonds. The maximum atomic E-state index is 12.2. The standard InChI is InChI=1S/C14H23NO2S/c1-4-7-15-9-13(16)10-18(17)14-8-11(2)5-6-12(14)3/h5-6,8,13,15-16H,4,7,9-10H2,1-3H3. The Hall–Kier alpha value is -0.710. The van der Waals surface area contributed by atoms with E-state index in [1.807, 2.05) is 32.0 Å². The zero-order valence-corrected chi connectivity index (χ0v) is 12.2. The SMILES string of the molecule is CCCNCC(O)CS(=O)c1cc(C)ccc1C. The van der Waals surface area contributed by atoms with Gasteiger partial charge in [0, 0.05) is 11.4 Å². The first-order chi connectivity index (χ1) is 8.54. The van der Waals surface area contributed by atoms with Crippen LogP contribution in [-0.2, 0) is 10.8 Å². The highest BCUT2D eigenvalue weighted by Crippen LogP contribution is 2.15. The van der Waals surface area contributed by atoms with Crippen LogP contribution >= 0.6 is 0 Å². The quantitative estimate of drug-likeness (QED) is 0.742. The molecule has 0 spiro atoms. The molecule has 0 bridgehead atoms. The number of hydrogen-bond donors (Lipinski definition) is 2. The molecule has 0 heterocycles. The van der Waals surface area contributed by atoms with Crippen LogP contribution in [0.15, 0.2) is 23.1 Å². The lowest BCUT2D eigenvalue weighted by molar-refractivity contribution is 0.195. The number of aryl methyl sites for hydroxylation is 2. The number of aliphatic hydroxyl groups excluding tert-OH is 1. The van der Waals surface area contributed by atoms with E-state index < -0.39 is 16.9 Å². The predicted octanol–water partition coefficient (Wildman–Crippen LogP) is 1.77. The summed E-state index contributed by atoms with van der Waals surface area (Å²) in [7, 11) is -1.13. The van der Waals surface area contributed by atoms with Crippen LogP contribution in [0.25, 0.3) is 0 Å². The Balaban J connectivity index is 2.56. The van der Waals surface area contributed by atoms with E-state index in [9.17, 15) is 9.32 Å². The van der Waals surface area contributed by atoms with E-state index in [1.165, 1.54) is 0 Å². The van der Waals surface area contributed by atoms with Gasteiger partial charge in [-0.05, 0) is 44.0 Å². The fourth-order valence-corrected chi connectivity index (χ4v) is 3.11. The van der Waals surface area contributed by atoms with Crippen LogP contribution in [0.1, 0.15) is 24.5 Å². The van der Waals surface area contributed by atoms with Crippen molar-refractivity contribution < 1.29 is 9.32 Å². The van der Waals surface area contributed by atoms with E-state index in [0.29, 0.717) is 12.3 Å². The third-order valence-corrected chi connectivity index (χ3v) is 4.36. The summed E-state index contributed by atoms with van der Waals surface area (Å²) in [4.78, 5) is 0.838. The van der Waals surface area contributed by atoms with E-state index in [0.717, 1.165) is 29.0 Å². The van der Waals surface area contributed by atoms with Gasteiger partial charge in [0.2, 0.25) is 0 Å². The second-order valence-corrected chi connectivity index (χ2v) is 6.10. The van der Waals surface area contributed by atoms with Gasteiger partial charge in [-0.25, -0.2) is 0 Å². The summed E-state index contributed by atoms with van der Waals surface area (Å²) in [5.74, 6) is 0.293. The lowest BCUT2D eigenvalue weighted by Crippen LogP contribution is -2.31. The predicted molar refractivity (Wildman–Crippen MR) is 76.4 cm³/mol. The van der Waals surface area contributed by atoms with Crippen molar-refractivity contribution in [3.05, 3.63) is 29.3 Å². The Morgan fingerprint density at radius 2 is 2.11 bits per heavy atom. The summed E-state index contributed by atoms with van der Waals surface area (Å²) >= 11 is 0. The average Bonchev–Trinajstić information content (AvgIpc) is 2.32. The molecule has 1 aromatic carbocycles. The molecule has 2 atom stereocenters. The fraction of sp³-hybridized carbons (Fsp3) is 0.571. The lowest BCUT2D eigenvalue weighted by Gasteiger charge is -2.12. The Morgan fingerprint density at radius 1 is 1.39 bits per heavy atom. The molecule has 0 saturated heterocycles. The molecule has 1 rings (SSSR count). The van der Waals surface area contributed by atoms with Crippen molar-refractivity contribution in [3.63, 3.8) is 0 Å². The highest BCUT2D eigenvalue weighted by atomic mass is 32.2. The lowest BCUT2D eigenvalue weighted by atomic mass is 10.2. The summed E-state index contributed by atoms with van der Waals surface area (Å²) in [5, 5.41) is 12.9. The van der Waals surface area contributed by atoms with Gasteiger partial charge in [0.05, 0.1) is 22.7 Å². The van der Waals surface area contributed by atoms with Crippen LogP contribution in [-0.4, -0.2) is 34.3 Å². The molecule has 0 aliphatic rings. The van der Waals surface area contributed by atoms with Crippen molar-refractivity contribution in [1.29, 1.82) is 0 Å². The number of rotatable bonds is 7. The normalized spacial score (nSPS) is 14.4. The van der Waals surface area contributed by atoms with Gasteiger partial charge < -0.3 is 10.4 Å². The molecule has 4 heteroatoms. The van der Waals surface area contributed by atoms with E-state index in [2.05, 4.69) is 12.2 Å². The summed E-state index contributed by atoms with van der Waals surface area (Å²) in [6.07, 6.45) is 0.476. The van der Waals surface area contributed by atoms with Gasteiger partial charge in [0.1, 0.15) is 0 Å². The third kappa shape index (κ3) is 4.88. The van der Waals surface area contributed by atoms with E-state index in [4.69, 9.17) is 0 Å². The summed E-state index contributed by atoms with van der Waals surface area (Å²) in [6.45, 7) is 7.40. The van der Waals surface area contributed by atoms with Gasteiger partial charge in [-0.2, -0.15) is 0 Å². The van der Waals surface area contributed by atoms with Crippen LogP contribution in [0.3, 0.4) is 0 Å². The molecule has 0 radical (unpaired) electrons. The molecule has 18 heavy (non-hydrogen) atoms. The molecule has 1 aromatic rings. The zero-order chi connectivity index (χ0) is 13.5. The molecular weight excluding hydrogens is 246 g/mol. The Labute approximate surface area is 112 Å². The molecule has 0 fully saturated rings. The van der Waals surface area contributed by atoms with E-state index in [-0.39, 0.29) is 0 Å². The first-order valence-corrected chi connectivity index (χ1v) is 7.71. The summed E-state index contributed by atoms with van der Waals surface area (Å²) < 4.78 is 12.2. The molecule has 2 unspecified atom stereocenters. The largest absolute Gasteiger partial charge is 0.391 e. The number of benzene rings is 1. The maximum absolute atomic E-state index is 12.2. The molecule has 3 nitrogen and oxygen atoms in total. The van der Waals surface area contributed by atoms with Crippen molar-refractivity contribution in [2.75, 3.05) is 18.8 Å². The van der Waals surface area contributed by atoms with Crippen molar-refractivity contribution in [1.82, 2.24) is 5.32 Å². The number of aliphatic hydroxyl groups is 1. The first-order valence-electron chi connectivity index (χ1n) is 6.39. The molecule has 0 saturated carbocycles. The monoisotopic (exact) mass is 269 g/mol. The van der Waals surface area contributed by atoms with Crippen molar-refractivity contribution in [3.8, 4) is 0 Å². The second-order valence-electron chi connectivity index (χ2n) is 4.64. The smallest absolute Gasteiger partial charge is 0.0783 e. The fourth-order valence-electron chi connectivity index (χ4n) is 1.72. The van der Waals surface area contributed by atoms with Crippen LogP contribution in [0.5, 0.6) is 0 Å². The second kappa shape index (κ2) is 7.67. The van der Waals surface area contributed by atoms with Crippen LogP contribution in [0.4, 0.5) is 0 Å². The summed E-state index contributed by atoms with van der Waals surface area (Å²) in [6, 6.07) is 5.93. The highest BCUT2D eigenvalue weighted by Gasteiger charge is 2.13.